The topological polar surface area (TPSA) is 46.9 Å². The zero-order valence-corrected chi connectivity index (χ0v) is 11.1. The van der Waals surface area contributed by atoms with Gasteiger partial charge in [0.15, 0.2) is 5.78 Å². The van der Waals surface area contributed by atoms with E-state index in [2.05, 4.69) is 33.3 Å². The second-order valence-corrected chi connectivity index (χ2v) is 5.12. The number of hydrogen-bond donors (Lipinski definition) is 1. The molecule has 0 amide bonds. The molecule has 4 nitrogen and oxygen atoms in total. The van der Waals surface area contributed by atoms with E-state index in [4.69, 9.17) is 0 Å². The van der Waals surface area contributed by atoms with E-state index in [0.29, 0.717) is 11.6 Å². The molecule has 1 aliphatic heterocycles. The molecule has 0 saturated carbocycles. The molecule has 1 fully saturated rings. The van der Waals surface area contributed by atoms with Crippen LogP contribution in [0.4, 0.5) is 0 Å². The first-order chi connectivity index (χ1) is 7.65. The predicted octanol–water partition coefficient (Wildman–Crippen LogP) is 1.70. The van der Waals surface area contributed by atoms with E-state index in [9.17, 15) is 4.79 Å². The molecule has 0 radical (unpaired) electrons. The van der Waals surface area contributed by atoms with Crippen molar-refractivity contribution in [3.63, 3.8) is 0 Å². The second-order valence-electron chi connectivity index (χ2n) is 4.26. The number of nitrogens with one attached hydrogen (secondary N) is 1. The number of halogens is 1. The third-order valence-corrected chi connectivity index (χ3v) is 3.76. The summed E-state index contributed by atoms with van der Waals surface area (Å²) in [4.78, 5) is 12.4. The lowest BCUT2D eigenvalue weighted by atomic mass is 9.92. The minimum atomic E-state index is 0.0818. The van der Waals surface area contributed by atoms with Gasteiger partial charge in [0.25, 0.3) is 0 Å². The normalized spacial score (nSPS) is 24.9. The maximum absolute atomic E-state index is 12.4. The van der Waals surface area contributed by atoms with Gasteiger partial charge in [-0.15, -0.1) is 0 Å². The van der Waals surface area contributed by atoms with Crippen LogP contribution < -0.4 is 5.32 Å². The summed E-state index contributed by atoms with van der Waals surface area (Å²) in [5, 5.41) is 7.44. The lowest BCUT2D eigenvalue weighted by molar-refractivity contribution is 0.0896. The highest BCUT2D eigenvalue weighted by atomic mass is 79.9. The molecule has 0 bridgehead atoms. The van der Waals surface area contributed by atoms with Crippen LogP contribution in [-0.4, -0.2) is 28.7 Å². The van der Waals surface area contributed by atoms with Crippen molar-refractivity contribution in [2.45, 2.75) is 20.4 Å². The fraction of sp³-hybridized carbons (Fsp3) is 0.636. The number of nitrogens with zero attached hydrogens (tertiary/aromatic N) is 2. The summed E-state index contributed by atoms with van der Waals surface area (Å²) in [5.74, 6) is 0.682. The Morgan fingerprint density at radius 2 is 2.44 bits per heavy atom. The fourth-order valence-electron chi connectivity index (χ4n) is 2.18. The molecule has 2 unspecified atom stereocenters. The number of rotatable bonds is 3. The van der Waals surface area contributed by atoms with Gasteiger partial charge in [0.05, 0.1) is 10.7 Å². The molecular formula is C11H16BrN3O. The van der Waals surface area contributed by atoms with Crippen molar-refractivity contribution >= 4 is 21.7 Å². The van der Waals surface area contributed by atoms with Crippen LogP contribution in [-0.2, 0) is 6.54 Å². The van der Waals surface area contributed by atoms with Crippen molar-refractivity contribution in [1.29, 1.82) is 0 Å². The molecule has 0 spiro atoms. The first-order valence-corrected chi connectivity index (χ1v) is 6.40. The van der Waals surface area contributed by atoms with Crippen LogP contribution in [0.25, 0.3) is 0 Å². The SMILES string of the molecule is CCn1ncc(Br)c1C(=O)C1CNCC1C. The molecule has 1 saturated heterocycles. The van der Waals surface area contributed by atoms with Gasteiger partial charge in [0.1, 0.15) is 5.69 Å². The van der Waals surface area contributed by atoms with E-state index in [-0.39, 0.29) is 11.7 Å². The highest BCUT2D eigenvalue weighted by Crippen LogP contribution is 2.25. The Bertz CT molecular complexity index is 402. The highest BCUT2D eigenvalue weighted by Gasteiger charge is 2.32. The van der Waals surface area contributed by atoms with Crippen molar-refractivity contribution in [3.05, 3.63) is 16.4 Å². The quantitative estimate of drug-likeness (QED) is 0.860. The molecule has 16 heavy (non-hydrogen) atoms. The summed E-state index contributed by atoms with van der Waals surface area (Å²) in [6, 6.07) is 0. The molecule has 1 aromatic rings. The molecular weight excluding hydrogens is 270 g/mol. The molecule has 1 N–H and O–H groups in total. The third-order valence-electron chi connectivity index (χ3n) is 3.18. The zero-order chi connectivity index (χ0) is 11.7. The largest absolute Gasteiger partial charge is 0.316 e. The predicted molar refractivity (Wildman–Crippen MR) is 65.5 cm³/mol. The Labute approximate surface area is 104 Å². The monoisotopic (exact) mass is 285 g/mol. The van der Waals surface area contributed by atoms with E-state index in [1.807, 2.05) is 6.92 Å². The second kappa shape index (κ2) is 4.67. The minimum absolute atomic E-state index is 0.0818. The van der Waals surface area contributed by atoms with Crippen molar-refractivity contribution in [3.8, 4) is 0 Å². The maximum Gasteiger partial charge on any atom is 0.186 e. The first-order valence-electron chi connectivity index (χ1n) is 5.61. The van der Waals surface area contributed by atoms with Gasteiger partial charge in [0.2, 0.25) is 0 Å². The lowest BCUT2D eigenvalue weighted by Crippen LogP contribution is -2.24. The van der Waals surface area contributed by atoms with Crippen LogP contribution in [0.1, 0.15) is 24.3 Å². The Morgan fingerprint density at radius 1 is 1.69 bits per heavy atom. The molecule has 5 heteroatoms. The van der Waals surface area contributed by atoms with E-state index in [1.54, 1.807) is 10.9 Å². The van der Waals surface area contributed by atoms with Gasteiger partial charge in [-0.05, 0) is 35.3 Å². The number of ketones is 1. The van der Waals surface area contributed by atoms with Crippen LogP contribution in [0.3, 0.4) is 0 Å². The number of aromatic nitrogens is 2. The van der Waals surface area contributed by atoms with Crippen molar-refractivity contribution in [2.24, 2.45) is 11.8 Å². The lowest BCUT2D eigenvalue weighted by Gasteiger charge is -2.13. The molecule has 0 aliphatic carbocycles. The minimum Gasteiger partial charge on any atom is -0.316 e. The van der Waals surface area contributed by atoms with E-state index < -0.39 is 0 Å². The molecule has 1 aromatic heterocycles. The van der Waals surface area contributed by atoms with Crippen LogP contribution in [0.15, 0.2) is 10.7 Å². The van der Waals surface area contributed by atoms with Gasteiger partial charge in [-0.2, -0.15) is 5.10 Å². The van der Waals surface area contributed by atoms with E-state index in [1.165, 1.54) is 0 Å². The molecule has 88 valence electrons. The van der Waals surface area contributed by atoms with Crippen LogP contribution in [0.5, 0.6) is 0 Å². The summed E-state index contributed by atoms with van der Waals surface area (Å²) >= 11 is 3.40. The Balaban J connectivity index is 2.29. The summed E-state index contributed by atoms with van der Waals surface area (Å²) < 4.78 is 2.57. The van der Waals surface area contributed by atoms with Crippen molar-refractivity contribution in [1.82, 2.24) is 15.1 Å². The number of carbonyl (C=O) groups excluding carboxylic acids is 1. The van der Waals surface area contributed by atoms with Gasteiger partial charge in [0, 0.05) is 19.0 Å². The standard InChI is InChI=1S/C11H16BrN3O/c1-3-15-10(9(12)6-14-15)11(16)8-5-13-4-7(8)2/h6-8,13H,3-5H2,1-2H3. The Morgan fingerprint density at radius 3 is 3.00 bits per heavy atom. The third kappa shape index (κ3) is 1.94. The molecule has 2 heterocycles. The summed E-state index contributed by atoms with van der Waals surface area (Å²) in [6.45, 7) is 6.53. The van der Waals surface area contributed by atoms with E-state index >= 15 is 0 Å². The summed E-state index contributed by atoms with van der Waals surface area (Å²) in [5.41, 5.74) is 0.711. The Kier molecular flexibility index (Phi) is 3.44. The first kappa shape index (κ1) is 11.8. The molecule has 2 atom stereocenters. The average Bonchev–Trinajstić information content (AvgIpc) is 2.83. The molecule has 1 aliphatic rings. The van der Waals surface area contributed by atoms with Crippen LogP contribution >= 0.6 is 15.9 Å². The average molecular weight is 286 g/mol. The summed E-state index contributed by atoms with van der Waals surface area (Å²) in [6.07, 6.45) is 1.70. The van der Waals surface area contributed by atoms with E-state index in [0.717, 1.165) is 24.1 Å². The van der Waals surface area contributed by atoms with Crippen molar-refractivity contribution < 1.29 is 4.79 Å². The van der Waals surface area contributed by atoms with Gasteiger partial charge in [-0.3, -0.25) is 9.48 Å². The van der Waals surface area contributed by atoms with Gasteiger partial charge in [-0.1, -0.05) is 6.92 Å². The molecule has 2 rings (SSSR count). The van der Waals surface area contributed by atoms with Crippen molar-refractivity contribution in [2.75, 3.05) is 13.1 Å². The smallest absolute Gasteiger partial charge is 0.186 e. The number of hydrogen-bond acceptors (Lipinski definition) is 3. The van der Waals surface area contributed by atoms with Gasteiger partial charge < -0.3 is 5.32 Å². The zero-order valence-electron chi connectivity index (χ0n) is 9.53. The number of carbonyl (C=O) groups is 1. The van der Waals surface area contributed by atoms with Crippen LogP contribution in [0, 0.1) is 11.8 Å². The number of Topliss-reactive ketones (excluding diaryl/α,β-unsaturated/α-hetero) is 1. The molecule has 0 aromatic carbocycles. The fourth-order valence-corrected chi connectivity index (χ4v) is 2.68. The highest BCUT2D eigenvalue weighted by molar-refractivity contribution is 9.10. The van der Waals surface area contributed by atoms with Gasteiger partial charge >= 0.3 is 0 Å². The van der Waals surface area contributed by atoms with Crippen LogP contribution in [0.2, 0.25) is 0 Å². The Hall–Kier alpha value is -0.680. The maximum atomic E-state index is 12.4. The summed E-state index contributed by atoms with van der Waals surface area (Å²) in [7, 11) is 0. The van der Waals surface area contributed by atoms with Gasteiger partial charge in [-0.25, -0.2) is 0 Å². The number of aryl methyl sites for hydroxylation is 1.